The Labute approximate surface area is 301 Å². The zero-order valence-corrected chi connectivity index (χ0v) is 29.7. The lowest BCUT2D eigenvalue weighted by atomic mass is 9.88. The maximum Gasteiger partial charge on any atom is 0.329 e. The Morgan fingerprint density at radius 2 is 1.63 bits per heavy atom. The number of piperidine rings is 1. The zero-order valence-electron chi connectivity index (χ0n) is 28.1. The number of carbonyl (C=O) groups is 5. The van der Waals surface area contributed by atoms with Crippen molar-refractivity contribution in [1.82, 2.24) is 30.9 Å². The summed E-state index contributed by atoms with van der Waals surface area (Å²) in [6, 6.07) is 14.0. The molecule has 4 heterocycles. The van der Waals surface area contributed by atoms with Gasteiger partial charge in [0.1, 0.15) is 5.54 Å². The molecule has 0 aliphatic carbocycles. The summed E-state index contributed by atoms with van der Waals surface area (Å²) in [5.41, 5.74) is -0.413. The number of thioether (sulfide) groups is 1. The van der Waals surface area contributed by atoms with Crippen LogP contribution in [0, 0.1) is 0 Å². The van der Waals surface area contributed by atoms with Crippen LogP contribution in [0.25, 0.3) is 0 Å². The van der Waals surface area contributed by atoms with Gasteiger partial charge >= 0.3 is 12.1 Å². The number of carbonyl (C=O) groups excluding carboxylic acids is 5. The number of para-hydroxylation sites is 1. The van der Waals surface area contributed by atoms with Gasteiger partial charge in [0, 0.05) is 49.2 Å². The van der Waals surface area contributed by atoms with Gasteiger partial charge in [0.15, 0.2) is 0 Å². The Hall–Kier alpha value is -4.19. The topological polar surface area (TPSA) is 195 Å². The van der Waals surface area contributed by atoms with E-state index in [4.69, 9.17) is 4.74 Å². The van der Waals surface area contributed by atoms with Crippen molar-refractivity contribution in [3.63, 3.8) is 0 Å². The highest BCUT2D eigenvalue weighted by Gasteiger charge is 2.54. The first-order valence-electron chi connectivity index (χ1n) is 17.2. The monoisotopic (exact) mass is 741 g/mol. The van der Waals surface area contributed by atoms with Gasteiger partial charge in [-0.25, -0.2) is 22.9 Å². The van der Waals surface area contributed by atoms with Crippen molar-refractivity contribution in [2.24, 2.45) is 0 Å². The summed E-state index contributed by atoms with van der Waals surface area (Å²) in [4.78, 5) is 63.4. The minimum atomic E-state index is -3.90. The highest BCUT2D eigenvalue weighted by molar-refractivity contribution is 8.00. The number of benzene rings is 2. The molecular weight excluding hydrogens is 699 g/mol. The number of sulfonamides is 1. The van der Waals surface area contributed by atoms with Gasteiger partial charge in [-0.3, -0.25) is 14.4 Å². The fourth-order valence-corrected chi connectivity index (χ4v) is 9.86. The van der Waals surface area contributed by atoms with Gasteiger partial charge in [-0.2, -0.15) is 16.1 Å². The molecule has 7 amide bonds. The van der Waals surface area contributed by atoms with Crippen LogP contribution < -0.4 is 31.5 Å². The molecule has 0 bridgehead atoms. The maximum absolute atomic E-state index is 13.4. The van der Waals surface area contributed by atoms with Crippen LogP contribution in [-0.4, -0.2) is 111 Å². The number of nitrogens with zero attached hydrogens (tertiary/aromatic N) is 2. The second-order valence-corrected chi connectivity index (χ2v) is 16.2. The predicted octanol–water partition coefficient (Wildman–Crippen LogP) is 1.55. The smallest absolute Gasteiger partial charge is 0.329 e. The third-order valence-corrected chi connectivity index (χ3v) is 13.1. The third kappa shape index (κ3) is 8.32. The highest BCUT2D eigenvalue weighted by Crippen LogP contribution is 2.35. The Balaban J connectivity index is 0.846. The molecule has 51 heavy (non-hydrogen) atoms. The van der Waals surface area contributed by atoms with Gasteiger partial charge < -0.3 is 31.3 Å². The van der Waals surface area contributed by atoms with Crippen molar-refractivity contribution in [2.75, 3.05) is 50.0 Å². The summed E-state index contributed by atoms with van der Waals surface area (Å²) in [7, 11) is -3.90. The maximum atomic E-state index is 13.4. The SMILES string of the molecule is O=C(CCCC[C@@H]1SC[C@@H]2NC(=O)N[C@@H]21)NCCOCCNC(=O)c1ccc(S(=O)(=O)N2CCC3(CC2)NC(=O)N(c2ccccc2)C3=O)cc1. The van der Waals surface area contributed by atoms with Crippen LogP contribution in [0.1, 0.15) is 48.9 Å². The van der Waals surface area contributed by atoms with Crippen molar-refractivity contribution in [3.8, 4) is 0 Å². The molecule has 2 aromatic carbocycles. The van der Waals surface area contributed by atoms with E-state index in [9.17, 15) is 32.4 Å². The van der Waals surface area contributed by atoms with Crippen LogP contribution in [0.3, 0.4) is 0 Å². The average Bonchev–Trinajstić information content (AvgIpc) is 3.76. The number of rotatable bonds is 15. The van der Waals surface area contributed by atoms with Gasteiger partial charge in [0.05, 0.1) is 35.9 Å². The fraction of sp³-hybridized carbons (Fsp3) is 0.500. The largest absolute Gasteiger partial charge is 0.378 e. The standard InChI is InChI=1S/C34H43N7O8S2/c42-28(9-5-4-8-27-29-26(22-50-27)37-32(45)38-29)35-16-20-49-21-17-36-30(43)23-10-12-25(13-11-23)51(47,48)40-18-14-34(15-19-40)31(44)41(33(46)39-34)24-6-2-1-3-7-24/h1-3,6-7,10-13,26-27,29H,4-5,8-9,14-22H2,(H,35,42)(H,36,43)(H,39,46)(H2,37,38,45)/t26-,27-,29-/m0/s1. The molecule has 17 heteroatoms. The van der Waals surface area contributed by atoms with Gasteiger partial charge in [-0.15, -0.1) is 0 Å². The Kier molecular flexibility index (Phi) is 11.5. The molecule has 1 spiro atoms. The Bertz CT molecular complexity index is 1720. The third-order valence-electron chi connectivity index (χ3n) is 9.69. The van der Waals surface area contributed by atoms with Crippen molar-refractivity contribution in [2.45, 2.75) is 66.3 Å². The number of ether oxygens (including phenoxy) is 1. The van der Waals surface area contributed by atoms with Crippen molar-refractivity contribution in [3.05, 3.63) is 60.2 Å². The molecule has 0 radical (unpaired) electrons. The van der Waals surface area contributed by atoms with Gasteiger partial charge in [0.25, 0.3) is 11.8 Å². The lowest BCUT2D eigenvalue weighted by Crippen LogP contribution is -2.55. The second kappa shape index (κ2) is 16.0. The van der Waals surface area contributed by atoms with E-state index < -0.39 is 27.5 Å². The van der Waals surface area contributed by atoms with Gasteiger partial charge in [-0.05, 0) is 62.1 Å². The normalized spacial score (nSPS) is 22.7. The quantitative estimate of drug-likeness (QED) is 0.102. The molecule has 4 fully saturated rings. The number of nitrogens with one attached hydrogen (secondary N) is 5. The predicted molar refractivity (Wildman–Crippen MR) is 190 cm³/mol. The molecule has 4 saturated heterocycles. The number of hydrogen-bond acceptors (Lipinski definition) is 9. The van der Waals surface area contributed by atoms with Crippen LogP contribution >= 0.6 is 11.8 Å². The Morgan fingerprint density at radius 3 is 2.35 bits per heavy atom. The summed E-state index contributed by atoms with van der Waals surface area (Å²) in [6.45, 7) is 1.22. The van der Waals surface area contributed by atoms with E-state index >= 15 is 0 Å². The van der Waals surface area contributed by atoms with Crippen LogP contribution in [0.5, 0.6) is 0 Å². The number of unbranched alkanes of at least 4 members (excludes halogenated alkanes) is 1. The first kappa shape index (κ1) is 36.6. The van der Waals surface area contributed by atoms with E-state index in [1.54, 1.807) is 30.3 Å². The van der Waals surface area contributed by atoms with Crippen molar-refractivity contribution >= 4 is 57.3 Å². The first-order chi connectivity index (χ1) is 24.6. The fourth-order valence-electron chi connectivity index (χ4n) is 6.87. The summed E-state index contributed by atoms with van der Waals surface area (Å²) in [5, 5.41) is 14.7. The molecule has 6 rings (SSSR count). The van der Waals surface area contributed by atoms with E-state index in [1.165, 1.54) is 28.6 Å². The minimum Gasteiger partial charge on any atom is -0.378 e. The Morgan fingerprint density at radius 1 is 0.922 bits per heavy atom. The first-order valence-corrected chi connectivity index (χ1v) is 19.7. The molecule has 4 aliphatic heterocycles. The number of fused-ring (bicyclic) bond motifs is 1. The van der Waals surface area contributed by atoms with Crippen LogP contribution in [0.15, 0.2) is 59.5 Å². The van der Waals surface area contributed by atoms with Gasteiger partial charge in [-0.1, -0.05) is 24.6 Å². The molecular formula is C34H43N7O8S2. The average molecular weight is 742 g/mol. The number of amides is 7. The molecule has 2 aromatic rings. The molecule has 5 N–H and O–H groups in total. The second-order valence-electron chi connectivity index (χ2n) is 13.0. The summed E-state index contributed by atoms with van der Waals surface area (Å²) < 4.78 is 33.6. The van der Waals surface area contributed by atoms with E-state index in [1.807, 2.05) is 11.8 Å². The molecule has 4 aliphatic rings. The highest BCUT2D eigenvalue weighted by atomic mass is 32.2. The summed E-state index contributed by atoms with van der Waals surface area (Å²) in [5.74, 6) is 0.109. The van der Waals surface area contributed by atoms with E-state index in [0.29, 0.717) is 30.5 Å². The van der Waals surface area contributed by atoms with E-state index in [-0.39, 0.29) is 79.5 Å². The molecule has 0 saturated carbocycles. The van der Waals surface area contributed by atoms with Crippen LogP contribution in [0.4, 0.5) is 15.3 Å². The minimum absolute atomic E-state index is 0.0237. The number of hydrogen-bond donors (Lipinski definition) is 5. The number of urea groups is 2. The summed E-state index contributed by atoms with van der Waals surface area (Å²) >= 11 is 1.87. The molecule has 15 nitrogen and oxygen atoms in total. The molecule has 0 unspecified atom stereocenters. The van der Waals surface area contributed by atoms with Crippen molar-refractivity contribution < 1.29 is 37.1 Å². The molecule has 274 valence electrons. The summed E-state index contributed by atoms with van der Waals surface area (Å²) in [6.07, 6.45) is 3.35. The number of anilines is 1. The van der Waals surface area contributed by atoms with Crippen LogP contribution in [-0.2, 0) is 24.3 Å². The lowest BCUT2D eigenvalue weighted by Gasteiger charge is -2.36. The number of imide groups is 1. The lowest BCUT2D eigenvalue weighted by molar-refractivity contribution is -0.123. The van der Waals surface area contributed by atoms with Crippen LogP contribution in [0.2, 0.25) is 0 Å². The van der Waals surface area contributed by atoms with Crippen molar-refractivity contribution in [1.29, 1.82) is 0 Å². The molecule has 3 atom stereocenters. The van der Waals surface area contributed by atoms with E-state index in [0.717, 1.165) is 29.9 Å². The zero-order chi connectivity index (χ0) is 36.0. The van der Waals surface area contributed by atoms with Gasteiger partial charge in [0.2, 0.25) is 15.9 Å². The van der Waals surface area contributed by atoms with E-state index in [2.05, 4.69) is 26.6 Å². The molecule has 0 aromatic heterocycles.